The van der Waals surface area contributed by atoms with Crippen LogP contribution in [0.3, 0.4) is 0 Å². The normalized spacial score (nSPS) is 13.2. The summed E-state index contributed by atoms with van der Waals surface area (Å²) in [5.41, 5.74) is 3.37. The van der Waals surface area contributed by atoms with E-state index in [0.29, 0.717) is 42.0 Å². The number of amides is 1. The Morgan fingerprint density at radius 1 is 1.15 bits per heavy atom. The molecule has 0 aliphatic carbocycles. The van der Waals surface area contributed by atoms with Gasteiger partial charge in [0.1, 0.15) is 0 Å². The molecule has 0 spiro atoms. The summed E-state index contributed by atoms with van der Waals surface area (Å²) in [6.07, 6.45) is 0.829. The minimum atomic E-state index is 0.00495. The van der Waals surface area contributed by atoms with E-state index in [9.17, 15) is 4.79 Å². The topological polar surface area (TPSA) is 47.6 Å². The Labute approximate surface area is 163 Å². The van der Waals surface area contributed by atoms with Crippen LogP contribution in [0.2, 0.25) is 5.02 Å². The molecule has 1 aliphatic heterocycles. The number of fused-ring (bicyclic) bond motifs is 1. The van der Waals surface area contributed by atoms with Crippen LogP contribution in [0.1, 0.15) is 23.1 Å². The van der Waals surface area contributed by atoms with Crippen molar-refractivity contribution in [1.29, 1.82) is 0 Å². The molecule has 1 heterocycles. The summed E-state index contributed by atoms with van der Waals surface area (Å²) >= 11 is 7.88. The van der Waals surface area contributed by atoms with E-state index in [0.717, 1.165) is 17.7 Å². The largest absolute Gasteiger partial charge is 0.489 e. The zero-order chi connectivity index (χ0) is 18.4. The fraction of sp³-hybridized carbons (Fsp3) is 0.350. The third-order valence-electron chi connectivity index (χ3n) is 3.97. The molecule has 0 bridgehead atoms. The van der Waals surface area contributed by atoms with Crippen LogP contribution in [-0.4, -0.2) is 24.9 Å². The monoisotopic (exact) mass is 391 g/mol. The zero-order valence-electron chi connectivity index (χ0n) is 14.7. The van der Waals surface area contributed by atoms with Crippen molar-refractivity contribution in [2.45, 2.75) is 25.6 Å². The van der Waals surface area contributed by atoms with E-state index >= 15 is 0 Å². The molecule has 0 atom stereocenters. The predicted octanol–water partition coefficient (Wildman–Crippen LogP) is 4.36. The van der Waals surface area contributed by atoms with Gasteiger partial charge in [0, 0.05) is 18.7 Å². The number of ether oxygens (including phenoxy) is 2. The molecule has 1 amide bonds. The van der Waals surface area contributed by atoms with Gasteiger partial charge in [0.25, 0.3) is 0 Å². The first-order chi connectivity index (χ1) is 12.6. The fourth-order valence-electron chi connectivity index (χ4n) is 2.58. The lowest BCUT2D eigenvalue weighted by atomic mass is 10.2. The van der Waals surface area contributed by atoms with Gasteiger partial charge in [-0.2, -0.15) is 0 Å². The molecule has 0 radical (unpaired) electrons. The van der Waals surface area contributed by atoms with Gasteiger partial charge in [0.05, 0.1) is 24.0 Å². The molecular weight excluding hydrogens is 370 g/mol. The Morgan fingerprint density at radius 2 is 1.92 bits per heavy atom. The molecule has 4 nitrogen and oxygen atoms in total. The molecular formula is C20H22ClNO3S. The molecule has 0 unspecified atom stereocenters. The quantitative estimate of drug-likeness (QED) is 0.794. The van der Waals surface area contributed by atoms with Gasteiger partial charge >= 0.3 is 0 Å². The van der Waals surface area contributed by atoms with E-state index in [2.05, 4.69) is 36.5 Å². The van der Waals surface area contributed by atoms with Gasteiger partial charge in [-0.3, -0.25) is 4.79 Å². The van der Waals surface area contributed by atoms with E-state index in [-0.39, 0.29) is 5.91 Å². The van der Waals surface area contributed by atoms with Gasteiger partial charge in [-0.05, 0) is 30.2 Å². The van der Waals surface area contributed by atoms with Gasteiger partial charge in [-0.15, -0.1) is 11.8 Å². The number of thioether (sulfide) groups is 1. The molecule has 138 valence electrons. The molecule has 3 rings (SSSR count). The number of rotatable bonds is 6. The van der Waals surface area contributed by atoms with Crippen molar-refractivity contribution in [3.63, 3.8) is 0 Å². The Balaban J connectivity index is 1.47. The molecule has 2 aromatic rings. The third kappa shape index (κ3) is 5.32. The highest BCUT2D eigenvalue weighted by atomic mass is 35.5. The number of hydrogen-bond donors (Lipinski definition) is 1. The number of benzene rings is 2. The van der Waals surface area contributed by atoms with Gasteiger partial charge in [0.15, 0.2) is 11.5 Å². The number of carbonyl (C=O) groups excluding carboxylic acids is 1. The number of aryl methyl sites for hydroxylation is 1. The average molecular weight is 392 g/mol. The lowest BCUT2D eigenvalue weighted by molar-refractivity contribution is -0.118. The second kappa shape index (κ2) is 9.19. The van der Waals surface area contributed by atoms with Crippen LogP contribution in [-0.2, 0) is 17.1 Å². The van der Waals surface area contributed by atoms with E-state index in [1.54, 1.807) is 11.8 Å². The molecule has 1 N–H and O–H groups in total. The smallest absolute Gasteiger partial charge is 0.230 e. The summed E-state index contributed by atoms with van der Waals surface area (Å²) in [6, 6.07) is 12.1. The standard InChI is InChI=1S/C20H22ClNO3S/c1-14-3-5-15(6-4-14)12-26-13-19(23)22-11-16-9-17(21)20-18(10-16)24-7-2-8-25-20/h3-6,9-10H,2,7-8,11-13H2,1H3,(H,22,23). The van der Waals surface area contributed by atoms with Crippen molar-refractivity contribution in [3.8, 4) is 11.5 Å². The SMILES string of the molecule is Cc1ccc(CSCC(=O)NCc2cc(Cl)c3c(c2)OCCCO3)cc1. The minimum absolute atomic E-state index is 0.00495. The Morgan fingerprint density at radius 3 is 2.73 bits per heavy atom. The Kier molecular flexibility index (Phi) is 6.69. The first-order valence-corrected chi connectivity index (χ1v) is 10.1. The van der Waals surface area contributed by atoms with Gasteiger partial charge in [0.2, 0.25) is 5.91 Å². The van der Waals surface area contributed by atoms with E-state index < -0.39 is 0 Å². The molecule has 2 aromatic carbocycles. The van der Waals surface area contributed by atoms with Crippen molar-refractivity contribution >= 4 is 29.3 Å². The first-order valence-electron chi connectivity index (χ1n) is 8.60. The van der Waals surface area contributed by atoms with Crippen LogP contribution >= 0.6 is 23.4 Å². The molecule has 0 saturated heterocycles. The summed E-state index contributed by atoms with van der Waals surface area (Å²) in [5.74, 6) is 2.49. The van der Waals surface area contributed by atoms with Crippen molar-refractivity contribution in [2.75, 3.05) is 19.0 Å². The van der Waals surface area contributed by atoms with Crippen molar-refractivity contribution in [2.24, 2.45) is 0 Å². The Bertz CT molecular complexity index is 764. The molecule has 0 aromatic heterocycles. The highest BCUT2D eigenvalue weighted by molar-refractivity contribution is 7.99. The second-order valence-corrected chi connectivity index (χ2v) is 7.60. The maximum Gasteiger partial charge on any atom is 0.230 e. The van der Waals surface area contributed by atoms with E-state index in [4.69, 9.17) is 21.1 Å². The van der Waals surface area contributed by atoms with Crippen molar-refractivity contribution < 1.29 is 14.3 Å². The average Bonchev–Trinajstić information content (AvgIpc) is 2.87. The fourth-order valence-corrected chi connectivity index (χ4v) is 3.69. The first kappa shape index (κ1) is 18.9. The summed E-state index contributed by atoms with van der Waals surface area (Å²) < 4.78 is 11.3. The van der Waals surface area contributed by atoms with E-state index in [1.165, 1.54) is 11.1 Å². The molecule has 6 heteroatoms. The highest BCUT2D eigenvalue weighted by Crippen LogP contribution is 2.37. The van der Waals surface area contributed by atoms with Gasteiger partial charge < -0.3 is 14.8 Å². The van der Waals surface area contributed by atoms with Crippen molar-refractivity contribution in [3.05, 3.63) is 58.1 Å². The van der Waals surface area contributed by atoms with Crippen LogP contribution in [0, 0.1) is 6.92 Å². The summed E-state index contributed by atoms with van der Waals surface area (Å²) in [7, 11) is 0. The number of hydrogen-bond acceptors (Lipinski definition) is 4. The van der Waals surface area contributed by atoms with E-state index in [1.807, 2.05) is 12.1 Å². The second-order valence-electron chi connectivity index (χ2n) is 6.21. The van der Waals surface area contributed by atoms with Gasteiger partial charge in [-0.1, -0.05) is 41.4 Å². The van der Waals surface area contributed by atoms with Crippen LogP contribution in [0.5, 0.6) is 11.5 Å². The molecule has 26 heavy (non-hydrogen) atoms. The maximum absolute atomic E-state index is 12.1. The molecule has 1 aliphatic rings. The Hall–Kier alpha value is -1.85. The third-order valence-corrected chi connectivity index (χ3v) is 5.26. The van der Waals surface area contributed by atoms with Crippen LogP contribution < -0.4 is 14.8 Å². The molecule has 0 fully saturated rings. The maximum atomic E-state index is 12.1. The summed E-state index contributed by atoms with van der Waals surface area (Å²) in [6.45, 7) is 3.69. The van der Waals surface area contributed by atoms with Crippen LogP contribution in [0.4, 0.5) is 0 Å². The van der Waals surface area contributed by atoms with Crippen LogP contribution in [0.25, 0.3) is 0 Å². The van der Waals surface area contributed by atoms with Crippen molar-refractivity contribution in [1.82, 2.24) is 5.32 Å². The number of halogens is 1. The lowest BCUT2D eigenvalue weighted by Gasteiger charge is -2.12. The van der Waals surface area contributed by atoms with Crippen LogP contribution in [0.15, 0.2) is 36.4 Å². The predicted molar refractivity (Wildman–Crippen MR) is 106 cm³/mol. The minimum Gasteiger partial charge on any atom is -0.489 e. The lowest BCUT2D eigenvalue weighted by Crippen LogP contribution is -2.24. The summed E-state index contributed by atoms with van der Waals surface area (Å²) in [5, 5.41) is 3.45. The zero-order valence-corrected chi connectivity index (χ0v) is 16.3. The highest BCUT2D eigenvalue weighted by Gasteiger charge is 2.15. The molecule has 0 saturated carbocycles. The summed E-state index contributed by atoms with van der Waals surface area (Å²) in [4.78, 5) is 12.1. The number of carbonyl (C=O) groups is 1. The van der Waals surface area contributed by atoms with Gasteiger partial charge in [-0.25, -0.2) is 0 Å². The number of nitrogens with one attached hydrogen (secondary N) is 1.